The summed E-state index contributed by atoms with van der Waals surface area (Å²) < 4.78 is 50.2. The monoisotopic (exact) mass is 334 g/mol. The van der Waals surface area contributed by atoms with Gasteiger partial charge in [0.05, 0.1) is 5.54 Å². The third-order valence-corrected chi connectivity index (χ3v) is 4.62. The van der Waals surface area contributed by atoms with Crippen molar-refractivity contribution < 1.29 is 22.4 Å². The lowest BCUT2D eigenvalue weighted by molar-refractivity contribution is -0.166. The van der Waals surface area contributed by atoms with E-state index in [2.05, 4.69) is 10.3 Å². The highest BCUT2D eigenvalue weighted by Crippen LogP contribution is 2.45. The van der Waals surface area contributed by atoms with Gasteiger partial charge in [0, 0.05) is 5.56 Å². The molecular formula is C14H14F4N2OS. The topological polar surface area (TPSA) is 41.5 Å². The van der Waals surface area contributed by atoms with Crippen LogP contribution in [0.5, 0.6) is 0 Å². The van der Waals surface area contributed by atoms with Crippen molar-refractivity contribution in [3.8, 4) is 0 Å². The lowest BCUT2D eigenvalue weighted by atomic mass is 9.95. The minimum absolute atomic E-state index is 0.168. The molecule has 0 bridgehead atoms. The summed E-state index contributed by atoms with van der Waals surface area (Å²) >= 11 is 0.297. The van der Waals surface area contributed by atoms with Gasteiger partial charge in [-0.3, -0.25) is 9.79 Å². The molecule has 1 aliphatic heterocycles. The third kappa shape index (κ3) is 2.84. The quantitative estimate of drug-likeness (QED) is 0.840. The fourth-order valence-corrected chi connectivity index (χ4v) is 3.05. The molecule has 1 aromatic carbocycles. The zero-order valence-electron chi connectivity index (χ0n) is 12.1. The molecule has 120 valence electrons. The first-order valence-electron chi connectivity index (χ1n) is 6.39. The number of nitrogens with zero attached hydrogens (tertiary/aromatic N) is 1. The van der Waals surface area contributed by atoms with Crippen LogP contribution in [0.15, 0.2) is 29.3 Å². The Morgan fingerprint density at radius 1 is 1.23 bits per heavy atom. The highest BCUT2D eigenvalue weighted by molar-refractivity contribution is 8.16. The summed E-state index contributed by atoms with van der Waals surface area (Å²) in [4.78, 5) is 15.7. The van der Waals surface area contributed by atoms with Gasteiger partial charge in [0.2, 0.25) is 0 Å². The summed E-state index contributed by atoms with van der Waals surface area (Å²) in [5.41, 5.74) is -0.879. The molecule has 0 saturated carbocycles. The van der Waals surface area contributed by atoms with Crippen LogP contribution < -0.4 is 5.32 Å². The summed E-state index contributed by atoms with van der Waals surface area (Å²) in [7, 11) is 0. The summed E-state index contributed by atoms with van der Waals surface area (Å²) in [6.07, 6.45) is -4.71. The predicted octanol–water partition coefficient (Wildman–Crippen LogP) is 3.60. The number of hydrogen-bond acceptors (Lipinski definition) is 3. The van der Waals surface area contributed by atoms with Crippen LogP contribution in [0.3, 0.4) is 0 Å². The fraction of sp³-hybridized carbons (Fsp3) is 0.429. The molecule has 1 N–H and O–H groups in total. The van der Waals surface area contributed by atoms with E-state index in [-0.39, 0.29) is 10.7 Å². The van der Waals surface area contributed by atoms with Crippen molar-refractivity contribution in [3.63, 3.8) is 0 Å². The van der Waals surface area contributed by atoms with Gasteiger partial charge >= 0.3 is 6.18 Å². The van der Waals surface area contributed by atoms with Gasteiger partial charge in [-0.25, -0.2) is 4.39 Å². The average Bonchev–Trinajstić information content (AvgIpc) is 2.64. The molecule has 1 aliphatic rings. The number of amidine groups is 1. The third-order valence-electron chi connectivity index (χ3n) is 3.41. The molecule has 1 heterocycles. The number of hydrogen-bond donors (Lipinski definition) is 1. The molecule has 0 radical (unpaired) electrons. The molecule has 1 fully saturated rings. The molecule has 0 aromatic heterocycles. The molecule has 0 unspecified atom stereocenters. The van der Waals surface area contributed by atoms with E-state index >= 15 is 0 Å². The Kier molecular flexibility index (Phi) is 4.01. The van der Waals surface area contributed by atoms with Crippen molar-refractivity contribution in [3.05, 3.63) is 35.6 Å². The summed E-state index contributed by atoms with van der Waals surface area (Å²) in [5, 5.41) is 1.96. The molecule has 1 atom stereocenters. The number of alkyl halides is 3. The Bertz CT molecular complexity index is 642. The number of rotatable bonds is 2. The van der Waals surface area contributed by atoms with Gasteiger partial charge in [0.25, 0.3) is 5.91 Å². The molecule has 0 aliphatic carbocycles. The highest BCUT2D eigenvalue weighted by Gasteiger charge is 2.62. The first-order valence-corrected chi connectivity index (χ1v) is 7.21. The van der Waals surface area contributed by atoms with Crippen LogP contribution in [0, 0.1) is 5.82 Å². The van der Waals surface area contributed by atoms with E-state index in [4.69, 9.17) is 0 Å². The molecule has 1 amide bonds. The van der Waals surface area contributed by atoms with E-state index in [1.54, 1.807) is 19.9 Å². The van der Waals surface area contributed by atoms with E-state index < -0.39 is 28.2 Å². The van der Waals surface area contributed by atoms with Crippen LogP contribution >= 0.6 is 11.8 Å². The van der Waals surface area contributed by atoms with E-state index in [0.29, 0.717) is 11.8 Å². The number of nitrogens with one attached hydrogen (secondary N) is 1. The van der Waals surface area contributed by atoms with Crippen LogP contribution in [-0.2, 0) is 10.3 Å². The zero-order chi connectivity index (χ0) is 16.8. The van der Waals surface area contributed by atoms with E-state index in [0.717, 1.165) is 6.92 Å². The van der Waals surface area contributed by atoms with Crippen LogP contribution in [-0.4, -0.2) is 22.0 Å². The Morgan fingerprint density at radius 2 is 1.82 bits per heavy atom. The molecule has 3 nitrogen and oxygen atoms in total. The SMILES string of the molecule is CC(C)(N=C1NC(=O)[C@@](C)(C(F)(F)F)S1)c1ccccc1F. The van der Waals surface area contributed by atoms with Crippen LogP contribution in [0.25, 0.3) is 0 Å². The Hall–Kier alpha value is -1.57. The lowest BCUT2D eigenvalue weighted by Crippen LogP contribution is -2.46. The Morgan fingerprint density at radius 3 is 2.32 bits per heavy atom. The normalized spacial score (nSPS) is 24.7. The van der Waals surface area contributed by atoms with Gasteiger partial charge < -0.3 is 5.32 Å². The Labute approximate surface area is 129 Å². The fourth-order valence-electron chi connectivity index (χ4n) is 1.99. The van der Waals surface area contributed by atoms with Crippen LogP contribution in [0.2, 0.25) is 0 Å². The van der Waals surface area contributed by atoms with Gasteiger partial charge in [-0.1, -0.05) is 30.0 Å². The van der Waals surface area contributed by atoms with Crippen molar-refractivity contribution in [1.29, 1.82) is 0 Å². The van der Waals surface area contributed by atoms with Gasteiger partial charge in [-0.05, 0) is 26.8 Å². The zero-order valence-corrected chi connectivity index (χ0v) is 12.9. The van der Waals surface area contributed by atoms with Crippen molar-refractivity contribution in [2.24, 2.45) is 4.99 Å². The number of benzene rings is 1. The van der Waals surface area contributed by atoms with Crippen molar-refractivity contribution in [2.45, 2.75) is 37.2 Å². The summed E-state index contributed by atoms with van der Waals surface area (Å²) in [6, 6.07) is 5.87. The van der Waals surface area contributed by atoms with Gasteiger partial charge in [0.1, 0.15) is 5.82 Å². The second kappa shape index (κ2) is 5.26. The smallest absolute Gasteiger partial charge is 0.304 e. The predicted molar refractivity (Wildman–Crippen MR) is 77.1 cm³/mol. The number of carbonyl (C=O) groups excluding carboxylic acids is 1. The molecule has 22 heavy (non-hydrogen) atoms. The van der Waals surface area contributed by atoms with E-state index in [1.807, 2.05) is 0 Å². The summed E-state index contributed by atoms with van der Waals surface area (Å²) in [5.74, 6) is -1.68. The van der Waals surface area contributed by atoms with Crippen LogP contribution in [0.4, 0.5) is 17.6 Å². The molecule has 8 heteroatoms. The molecule has 1 saturated heterocycles. The maximum absolute atomic E-state index is 13.8. The van der Waals surface area contributed by atoms with Crippen molar-refractivity contribution in [2.75, 3.05) is 0 Å². The first kappa shape index (κ1) is 16.8. The van der Waals surface area contributed by atoms with Crippen molar-refractivity contribution in [1.82, 2.24) is 5.32 Å². The second-order valence-corrected chi connectivity index (χ2v) is 6.95. The van der Waals surface area contributed by atoms with E-state index in [1.165, 1.54) is 18.2 Å². The van der Waals surface area contributed by atoms with Crippen molar-refractivity contribution >= 4 is 22.8 Å². The molecule has 0 spiro atoms. The lowest BCUT2D eigenvalue weighted by Gasteiger charge is -2.23. The highest BCUT2D eigenvalue weighted by atomic mass is 32.2. The minimum atomic E-state index is -4.71. The number of amides is 1. The van der Waals surface area contributed by atoms with Gasteiger partial charge in [-0.2, -0.15) is 13.2 Å². The summed E-state index contributed by atoms with van der Waals surface area (Å²) in [6.45, 7) is 3.92. The number of carbonyl (C=O) groups is 1. The largest absolute Gasteiger partial charge is 0.412 e. The molecular weight excluding hydrogens is 320 g/mol. The van der Waals surface area contributed by atoms with Gasteiger partial charge in [0.15, 0.2) is 9.91 Å². The standard InChI is InChI=1S/C14H14F4N2OS/c1-12(2,8-6-4-5-7-9(8)15)20-11-19-10(21)13(3,22-11)14(16,17)18/h4-7H,1-3H3,(H,19,20,21)/t13-/m0/s1. The average molecular weight is 334 g/mol. The van der Waals surface area contributed by atoms with E-state index in [9.17, 15) is 22.4 Å². The van der Waals surface area contributed by atoms with Crippen LogP contribution in [0.1, 0.15) is 26.3 Å². The van der Waals surface area contributed by atoms with Gasteiger partial charge in [-0.15, -0.1) is 0 Å². The molecule has 2 rings (SSSR count). The second-order valence-electron chi connectivity index (χ2n) is 5.54. The first-order chi connectivity index (χ1) is 9.97. The minimum Gasteiger partial charge on any atom is -0.304 e. The molecule has 1 aromatic rings. The maximum Gasteiger partial charge on any atom is 0.412 e. The number of halogens is 4. The maximum atomic E-state index is 13.8. The number of thioether (sulfide) groups is 1. The number of aliphatic imine (C=N–C) groups is 1. The Balaban J connectivity index is 2.36.